The summed E-state index contributed by atoms with van der Waals surface area (Å²) in [6.07, 6.45) is 0. The monoisotopic (exact) mass is 290 g/mol. The van der Waals surface area contributed by atoms with Gasteiger partial charge in [0.1, 0.15) is 5.82 Å². The lowest BCUT2D eigenvalue weighted by Crippen LogP contribution is -2.09. The maximum Gasteiger partial charge on any atom is 0.259 e. The number of aromatic amines is 1. The Morgan fingerprint density at radius 1 is 1.05 bits per heavy atom. The first-order chi connectivity index (χ1) is 9.15. The Morgan fingerprint density at radius 2 is 1.84 bits per heavy atom. The number of hydrogen-bond donors (Lipinski definition) is 1. The average Bonchev–Trinajstić information content (AvgIpc) is 2.38. The highest BCUT2D eigenvalue weighted by Crippen LogP contribution is 2.28. The largest absolute Gasteiger partial charge is 0.306 e. The predicted molar refractivity (Wildman–Crippen MR) is 77.8 cm³/mol. The molecule has 0 aliphatic heterocycles. The minimum Gasteiger partial charge on any atom is -0.306 e. The number of hydrogen-bond acceptors (Lipinski definition) is 2. The van der Waals surface area contributed by atoms with E-state index in [1.54, 1.807) is 36.4 Å². The van der Waals surface area contributed by atoms with Crippen molar-refractivity contribution < 1.29 is 0 Å². The predicted octanol–water partition coefficient (Wildman–Crippen LogP) is 3.90. The molecule has 0 bridgehead atoms. The molecule has 0 atom stereocenters. The van der Waals surface area contributed by atoms with Crippen molar-refractivity contribution in [3.05, 3.63) is 62.9 Å². The van der Waals surface area contributed by atoms with E-state index in [0.29, 0.717) is 32.3 Å². The van der Waals surface area contributed by atoms with Crippen LogP contribution in [0.5, 0.6) is 0 Å². The molecule has 94 valence electrons. The third-order valence-corrected chi connectivity index (χ3v) is 3.35. The molecule has 0 radical (unpaired) electrons. The number of para-hydroxylation sites is 1. The summed E-state index contributed by atoms with van der Waals surface area (Å²) in [4.78, 5) is 19.1. The molecule has 19 heavy (non-hydrogen) atoms. The summed E-state index contributed by atoms with van der Waals surface area (Å²) in [6.45, 7) is 0. The molecular weight excluding hydrogens is 283 g/mol. The van der Waals surface area contributed by atoms with Gasteiger partial charge in [0.2, 0.25) is 0 Å². The van der Waals surface area contributed by atoms with Crippen LogP contribution in [0, 0.1) is 0 Å². The molecule has 1 N–H and O–H groups in total. The lowest BCUT2D eigenvalue weighted by Gasteiger charge is -2.05. The number of rotatable bonds is 1. The quantitative estimate of drug-likeness (QED) is 0.739. The van der Waals surface area contributed by atoms with E-state index < -0.39 is 0 Å². The zero-order valence-electron chi connectivity index (χ0n) is 9.65. The number of benzene rings is 2. The second-order valence-electron chi connectivity index (χ2n) is 4.06. The maximum atomic E-state index is 12.0. The van der Waals surface area contributed by atoms with E-state index in [-0.39, 0.29) is 5.56 Å². The standard InChI is InChI=1S/C14H8Cl2N2O/c15-8-5-6-9(11(16)7-8)13-17-12-4-2-1-3-10(12)14(19)18-13/h1-7H,(H,17,18,19). The molecule has 1 aromatic heterocycles. The molecule has 5 heteroatoms. The van der Waals surface area contributed by atoms with Gasteiger partial charge in [-0.3, -0.25) is 4.79 Å². The van der Waals surface area contributed by atoms with Crippen LogP contribution in [0.2, 0.25) is 10.0 Å². The van der Waals surface area contributed by atoms with Gasteiger partial charge in [0.15, 0.2) is 0 Å². The fraction of sp³-hybridized carbons (Fsp3) is 0. The summed E-state index contributed by atoms with van der Waals surface area (Å²) < 4.78 is 0. The van der Waals surface area contributed by atoms with E-state index in [1.807, 2.05) is 6.07 Å². The Balaban J connectivity index is 2.28. The highest BCUT2D eigenvalue weighted by molar-refractivity contribution is 6.36. The van der Waals surface area contributed by atoms with Gasteiger partial charge in [0.25, 0.3) is 5.56 Å². The number of aromatic nitrogens is 2. The van der Waals surface area contributed by atoms with Gasteiger partial charge in [-0.1, -0.05) is 35.3 Å². The van der Waals surface area contributed by atoms with Crippen LogP contribution in [0.4, 0.5) is 0 Å². The van der Waals surface area contributed by atoms with Crippen LogP contribution in [0.15, 0.2) is 47.3 Å². The van der Waals surface area contributed by atoms with Gasteiger partial charge < -0.3 is 4.98 Å². The number of H-pyrrole nitrogens is 1. The lowest BCUT2D eigenvalue weighted by atomic mass is 10.2. The Morgan fingerprint density at radius 3 is 2.63 bits per heavy atom. The van der Waals surface area contributed by atoms with E-state index in [1.165, 1.54) is 0 Å². The van der Waals surface area contributed by atoms with Crippen LogP contribution < -0.4 is 5.56 Å². The van der Waals surface area contributed by atoms with Crippen LogP contribution in [-0.2, 0) is 0 Å². The highest BCUT2D eigenvalue weighted by Gasteiger charge is 2.09. The molecule has 0 fully saturated rings. The van der Waals surface area contributed by atoms with E-state index in [0.717, 1.165) is 0 Å². The molecular formula is C14H8Cl2N2O. The van der Waals surface area contributed by atoms with E-state index in [4.69, 9.17) is 23.2 Å². The molecule has 3 aromatic rings. The minimum absolute atomic E-state index is 0.188. The van der Waals surface area contributed by atoms with Crippen molar-refractivity contribution in [2.24, 2.45) is 0 Å². The Hall–Kier alpha value is -1.84. The number of halogens is 2. The summed E-state index contributed by atoms with van der Waals surface area (Å²) in [6, 6.07) is 12.2. The topological polar surface area (TPSA) is 45.8 Å². The van der Waals surface area contributed by atoms with Gasteiger partial charge in [0, 0.05) is 10.6 Å². The highest BCUT2D eigenvalue weighted by atomic mass is 35.5. The fourth-order valence-corrected chi connectivity index (χ4v) is 2.39. The van der Waals surface area contributed by atoms with Gasteiger partial charge in [-0.05, 0) is 30.3 Å². The zero-order chi connectivity index (χ0) is 13.4. The van der Waals surface area contributed by atoms with Gasteiger partial charge in [-0.2, -0.15) is 0 Å². The molecule has 2 aromatic carbocycles. The van der Waals surface area contributed by atoms with Gasteiger partial charge in [0.05, 0.1) is 15.9 Å². The van der Waals surface area contributed by atoms with Gasteiger partial charge in [-0.15, -0.1) is 0 Å². The first kappa shape index (κ1) is 12.2. The lowest BCUT2D eigenvalue weighted by molar-refractivity contribution is 1.18. The molecule has 1 heterocycles. The van der Waals surface area contributed by atoms with Crippen molar-refractivity contribution >= 4 is 34.1 Å². The van der Waals surface area contributed by atoms with E-state index >= 15 is 0 Å². The van der Waals surface area contributed by atoms with Crippen molar-refractivity contribution in [1.82, 2.24) is 9.97 Å². The summed E-state index contributed by atoms with van der Waals surface area (Å²) in [7, 11) is 0. The SMILES string of the molecule is O=c1[nH]c(-c2ccc(Cl)cc2Cl)nc2ccccc12. The summed E-state index contributed by atoms with van der Waals surface area (Å²) in [5.41, 5.74) is 1.09. The zero-order valence-corrected chi connectivity index (χ0v) is 11.2. The van der Waals surface area contributed by atoms with Crippen LogP contribution in [-0.4, -0.2) is 9.97 Å². The molecule has 0 amide bonds. The van der Waals surface area contributed by atoms with Crippen LogP contribution in [0.1, 0.15) is 0 Å². The molecule has 0 aliphatic rings. The molecule has 0 aliphatic carbocycles. The van der Waals surface area contributed by atoms with Gasteiger partial charge in [-0.25, -0.2) is 4.98 Å². The van der Waals surface area contributed by atoms with Crippen molar-refractivity contribution in [2.75, 3.05) is 0 Å². The fourth-order valence-electron chi connectivity index (χ4n) is 1.90. The Labute approximate surface area is 118 Å². The smallest absolute Gasteiger partial charge is 0.259 e. The normalized spacial score (nSPS) is 10.8. The molecule has 0 unspecified atom stereocenters. The average molecular weight is 291 g/mol. The van der Waals surface area contributed by atoms with Crippen molar-refractivity contribution in [3.8, 4) is 11.4 Å². The Kier molecular flexibility index (Phi) is 3.01. The van der Waals surface area contributed by atoms with Crippen LogP contribution in [0.3, 0.4) is 0 Å². The van der Waals surface area contributed by atoms with Crippen molar-refractivity contribution in [1.29, 1.82) is 0 Å². The molecule has 3 rings (SSSR count). The maximum absolute atomic E-state index is 12.0. The minimum atomic E-state index is -0.188. The van der Waals surface area contributed by atoms with E-state index in [2.05, 4.69) is 9.97 Å². The second kappa shape index (κ2) is 4.68. The summed E-state index contributed by atoms with van der Waals surface area (Å²) in [5, 5.41) is 1.54. The third kappa shape index (κ3) is 2.23. The summed E-state index contributed by atoms with van der Waals surface area (Å²) >= 11 is 12.0. The van der Waals surface area contributed by atoms with Crippen LogP contribution in [0.25, 0.3) is 22.3 Å². The summed E-state index contributed by atoms with van der Waals surface area (Å²) in [5.74, 6) is 0.436. The van der Waals surface area contributed by atoms with E-state index in [9.17, 15) is 4.79 Å². The molecule has 0 saturated carbocycles. The number of nitrogens with zero attached hydrogens (tertiary/aromatic N) is 1. The molecule has 3 nitrogen and oxygen atoms in total. The molecule has 0 spiro atoms. The second-order valence-corrected chi connectivity index (χ2v) is 4.90. The van der Waals surface area contributed by atoms with Crippen LogP contribution >= 0.6 is 23.2 Å². The molecule has 0 saturated heterocycles. The van der Waals surface area contributed by atoms with Gasteiger partial charge >= 0.3 is 0 Å². The Bertz CT molecular complexity index is 827. The first-order valence-electron chi connectivity index (χ1n) is 5.59. The first-order valence-corrected chi connectivity index (χ1v) is 6.35. The number of fused-ring (bicyclic) bond motifs is 1. The van der Waals surface area contributed by atoms with Crippen molar-refractivity contribution in [3.63, 3.8) is 0 Å². The van der Waals surface area contributed by atoms with Crippen molar-refractivity contribution in [2.45, 2.75) is 0 Å². The number of nitrogens with one attached hydrogen (secondary N) is 1. The third-order valence-electron chi connectivity index (χ3n) is 2.80.